The van der Waals surface area contributed by atoms with Crippen LogP contribution in [0.4, 0.5) is 11.4 Å². The standard InChI is InChI=1S/C20H22N2O3/c23-19(22-15-4-1-3-13-7-10-21-18(13)15)20(8-2-9-20)14-5-6-16-17(11-14)25-12-24-16/h1,3-4,11,21H,2,5-10,12H2,(H,22,23). The quantitative estimate of drug-likeness (QED) is 0.882. The van der Waals surface area contributed by atoms with Crippen molar-refractivity contribution in [3.63, 3.8) is 0 Å². The number of amides is 1. The van der Waals surface area contributed by atoms with Gasteiger partial charge in [0.05, 0.1) is 16.8 Å². The van der Waals surface area contributed by atoms with Gasteiger partial charge in [-0.05, 0) is 43.4 Å². The fourth-order valence-electron chi connectivity index (χ4n) is 4.40. The molecule has 2 aliphatic heterocycles. The summed E-state index contributed by atoms with van der Waals surface area (Å²) in [7, 11) is 0. The SMILES string of the molecule is O=C(Nc1cccc2c1NCC2)C1(C2=CC3=C(CC2)OCO3)CCC1. The summed E-state index contributed by atoms with van der Waals surface area (Å²) in [4.78, 5) is 13.2. The summed E-state index contributed by atoms with van der Waals surface area (Å²) in [6.07, 6.45) is 7.70. The number of para-hydroxylation sites is 1. The van der Waals surface area contributed by atoms with Crippen molar-refractivity contribution in [2.75, 3.05) is 24.0 Å². The van der Waals surface area contributed by atoms with Crippen LogP contribution < -0.4 is 10.6 Å². The van der Waals surface area contributed by atoms with Gasteiger partial charge < -0.3 is 20.1 Å². The van der Waals surface area contributed by atoms with Gasteiger partial charge in [0.15, 0.2) is 5.76 Å². The first-order chi connectivity index (χ1) is 12.3. The smallest absolute Gasteiger partial charge is 0.234 e. The third kappa shape index (κ3) is 2.25. The first-order valence-corrected chi connectivity index (χ1v) is 9.13. The molecule has 2 heterocycles. The highest BCUT2D eigenvalue weighted by Gasteiger charge is 2.48. The molecule has 0 aromatic heterocycles. The molecule has 5 heteroatoms. The summed E-state index contributed by atoms with van der Waals surface area (Å²) < 4.78 is 11.0. The molecule has 0 unspecified atom stereocenters. The Labute approximate surface area is 147 Å². The lowest BCUT2D eigenvalue weighted by Crippen LogP contribution is -2.44. The minimum Gasteiger partial charge on any atom is -0.458 e. The molecule has 2 N–H and O–H groups in total. The van der Waals surface area contributed by atoms with Crippen molar-refractivity contribution < 1.29 is 14.3 Å². The Hall–Kier alpha value is -2.43. The molecule has 25 heavy (non-hydrogen) atoms. The van der Waals surface area contributed by atoms with Crippen LogP contribution in [0.5, 0.6) is 0 Å². The van der Waals surface area contributed by atoms with E-state index in [1.807, 2.05) is 12.1 Å². The maximum atomic E-state index is 13.2. The highest BCUT2D eigenvalue weighted by atomic mass is 16.7. The van der Waals surface area contributed by atoms with Gasteiger partial charge in [-0.15, -0.1) is 0 Å². The first kappa shape index (κ1) is 14.9. The third-order valence-corrected chi connectivity index (χ3v) is 6.00. The van der Waals surface area contributed by atoms with Gasteiger partial charge in [-0.25, -0.2) is 0 Å². The number of hydrogen-bond acceptors (Lipinski definition) is 4. The van der Waals surface area contributed by atoms with E-state index in [9.17, 15) is 4.79 Å². The molecule has 1 aromatic rings. The molecular weight excluding hydrogens is 316 g/mol. The van der Waals surface area contributed by atoms with Crippen LogP contribution in [0.25, 0.3) is 0 Å². The number of benzene rings is 1. The lowest BCUT2D eigenvalue weighted by atomic mass is 9.61. The number of rotatable bonds is 3. The van der Waals surface area contributed by atoms with Crippen LogP contribution in [0.3, 0.4) is 0 Å². The van der Waals surface area contributed by atoms with Gasteiger partial charge in [0.2, 0.25) is 12.7 Å². The zero-order valence-electron chi connectivity index (χ0n) is 14.2. The third-order valence-electron chi connectivity index (χ3n) is 6.00. The molecule has 0 bridgehead atoms. The van der Waals surface area contributed by atoms with E-state index in [4.69, 9.17) is 9.47 Å². The van der Waals surface area contributed by atoms with Crippen LogP contribution in [0, 0.1) is 5.41 Å². The number of carbonyl (C=O) groups is 1. The van der Waals surface area contributed by atoms with Gasteiger partial charge in [0.1, 0.15) is 5.76 Å². The lowest BCUT2D eigenvalue weighted by molar-refractivity contribution is -0.127. The van der Waals surface area contributed by atoms with E-state index in [2.05, 4.69) is 22.8 Å². The number of nitrogens with one attached hydrogen (secondary N) is 2. The topological polar surface area (TPSA) is 59.6 Å². The molecule has 130 valence electrons. The van der Waals surface area contributed by atoms with Crippen molar-refractivity contribution in [3.05, 3.63) is 46.9 Å². The van der Waals surface area contributed by atoms with Crippen molar-refractivity contribution in [2.45, 2.75) is 38.5 Å². The predicted molar refractivity (Wildman–Crippen MR) is 94.9 cm³/mol. The number of hydrogen-bond donors (Lipinski definition) is 2. The molecule has 1 amide bonds. The highest BCUT2D eigenvalue weighted by Crippen LogP contribution is 2.52. The van der Waals surface area contributed by atoms with Crippen molar-refractivity contribution in [2.24, 2.45) is 5.41 Å². The van der Waals surface area contributed by atoms with Gasteiger partial charge in [0, 0.05) is 13.0 Å². The van der Waals surface area contributed by atoms with Crippen LogP contribution >= 0.6 is 0 Å². The molecule has 5 rings (SSSR count). The molecule has 1 saturated carbocycles. The van der Waals surface area contributed by atoms with Crippen LogP contribution in [-0.4, -0.2) is 19.2 Å². The van der Waals surface area contributed by atoms with E-state index in [0.29, 0.717) is 6.79 Å². The largest absolute Gasteiger partial charge is 0.458 e. The van der Waals surface area contributed by atoms with Gasteiger partial charge in [-0.2, -0.15) is 0 Å². The van der Waals surface area contributed by atoms with Gasteiger partial charge in [0.25, 0.3) is 0 Å². The van der Waals surface area contributed by atoms with Crippen molar-refractivity contribution >= 4 is 17.3 Å². The number of fused-ring (bicyclic) bond motifs is 1. The number of carbonyl (C=O) groups excluding carboxylic acids is 1. The first-order valence-electron chi connectivity index (χ1n) is 9.13. The van der Waals surface area contributed by atoms with E-state index in [-0.39, 0.29) is 11.3 Å². The zero-order chi connectivity index (χ0) is 16.9. The Morgan fingerprint density at radius 2 is 2.08 bits per heavy atom. The number of allylic oxidation sites excluding steroid dienone is 2. The predicted octanol–water partition coefficient (Wildman–Crippen LogP) is 3.70. The average molecular weight is 338 g/mol. The lowest BCUT2D eigenvalue weighted by Gasteiger charge is -2.43. The molecule has 0 atom stereocenters. The van der Waals surface area contributed by atoms with Crippen molar-refractivity contribution in [3.8, 4) is 0 Å². The summed E-state index contributed by atoms with van der Waals surface area (Å²) in [5, 5.41) is 6.61. The van der Waals surface area contributed by atoms with Crippen molar-refractivity contribution in [1.29, 1.82) is 0 Å². The van der Waals surface area contributed by atoms with E-state index in [1.165, 1.54) is 11.1 Å². The summed E-state index contributed by atoms with van der Waals surface area (Å²) in [6, 6.07) is 6.14. The molecule has 4 aliphatic rings. The van der Waals surface area contributed by atoms with E-state index < -0.39 is 0 Å². The Morgan fingerprint density at radius 3 is 2.92 bits per heavy atom. The molecule has 1 fully saturated rings. The van der Waals surface area contributed by atoms with E-state index in [0.717, 1.165) is 68.0 Å². The maximum absolute atomic E-state index is 13.2. The molecule has 1 aromatic carbocycles. The Bertz CT molecular complexity index is 805. The molecule has 0 radical (unpaired) electrons. The van der Waals surface area contributed by atoms with Gasteiger partial charge in [-0.3, -0.25) is 4.79 Å². The minimum atomic E-state index is -0.383. The summed E-state index contributed by atoms with van der Waals surface area (Å²) in [6.45, 7) is 1.24. The molecule has 0 saturated heterocycles. The second kappa shape index (κ2) is 5.55. The number of anilines is 2. The van der Waals surface area contributed by atoms with Gasteiger partial charge >= 0.3 is 0 Å². The van der Waals surface area contributed by atoms with Gasteiger partial charge in [-0.1, -0.05) is 24.1 Å². The molecule has 0 spiro atoms. The Kier molecular flexibility index (Phi) is 3.30. The van der Waals surface area contributed by atoms with Crippen molar-refractivity contribution in [1.82, 2.24) is 0 Å². The normalized spacial score (nSPS) is 22.6. The second-order valence-electron chi connectivity index (χ2n) is 7.27. The summed E-state index contributed by atoms with van der Waals surface area (Å²) in [5.74, 6) is 1.88. The number of ether oxygens (including phenoxy) is 2. The Balaban J connectivity index is 1.43. The average Bonchev–Trinajstić information content (AvgIpc) is 3.22. The molecule has 5 nitrogen and oxygen atoms in total. The minimum absolute atomic E-state index is 0.120. The van der Waals surface area contributed by atoms with Crippen LogP contribution in [0.15, 0.2) is 41.4 Å². The zero-order valence-corrected chi connectivity index (χ0v) is 14.2. The second-order valence-corrected chi connectivity index (χ2v) is 7.27. The summed E-state index contributed by atoms with van der Waals surface area (Å²) >= 11 is 0. The fraction of sp³-hybridized carbons (Fsp3) is 0.450. The van der Waals surface area contributed by atoms with Crippen LogP contribution in [0.1, 0.15) is 37.7 Å². The van der Waals surface area contributed by atoms with E-state index >= 15 is 0 Å². The molecule has 2 aliphatic carbocycles. The summed E-state index contributed by atoms with van der Waals surface area (Å²) in [5.41, 5.74) is 4.08. The fourth-order valence-corrected chi connectivity index (χ4v) is 4.40. The van der Waals surface area contributed by atoms with E-state index in [1.54, 1.807) is 0 Å². The maximum Gasteiger partial charge on any atom is 0.234 e. The van der Waals surface area contributed by atoms with Crippen LogP contribution in [0.2, 0.25) is 0 Å². The van der Waals surface area contributed by atoms with Crippen LogP contribution in [-0.2, 0) is 20.7 Å². The highest BCUT2D eigenvalue weighted by molar-refractivity contribution is 6.01. The Morgan fingerprint density at radius 1 is 1.16 bits per heavy atom. The molecular formula is C20H22N2O3. The monoisotopic (exact) mass is 338 g/mol.